The summed E-state index contributed by atoms with van der Waals surface area (Å²) >= 11 is 0. The van der Waals surface area contributed by atoms with Crippen molar-refractivity contribution in [3.8, 4) is 5.82 Å². The van der Waals surface area contributed by atoms with E-state index in [0.717, 1.165) is 11.4 Å². The van der Waals surface area contributed by atoms with Crippen molar-refractivity contribution in [2.75, 3.05) is 5.73 Å². The second-order valence-corrected chi connectivity index (χ2v) is 4.24. The van der Waals surface area contributed by atoms with E-state index in [1.807, 2.05) is 20.8 Å². The van der Waals surface area contributed by atoms with Crippen LogP contribution in [-0.2, 0) is 19.3 Å². The SMILES string of the molecule is CCc1nn(-c2ncnc(CC)c2F)c(CC)c1N. The van der Waals surface area contributed by atoms with Gasteiger partial charge < -0.3 is 5.73 Å². The summed E-state index contributed by atoms with van der Waals surface area (Å²) in [7, 11) is 0. The lowest BCUT2D eigenvalue weighted by Gasteiger charge is -2.08. The molecule has 0 amide bonds. The van der Waals surface area contributed by atoms with Crippen molar-refractivity contribution in [1.82, 2.24) is 19.7 Å². The second kappa shape index (κ2) is 5.34. The molecule has 2 aromatic heterocycles. The number of anilines is 1. The van der Waals surface area contributed by atoms with E-state index in [-0.39, 0.29) is 5.82 Å². The van der Waals surface area contributed by atoms with E-state index < -0.39 is 5.82 Å². The van der Waals surface area contributed by atoms with Gasteiger partial charge in [-0.25, -0.2) is 19.0 Å². The molecule has 0 aromatic carbocycles. The molecule has 0 unspecified atom stereocenters. The Labute approximate surface area is 111 Å². The van der Waals surface area contributed by atoms with Crippen LogP contribution in [0.2, 0.25) is 0 Å². The lowest BCUT2D eigenvalue weighted by molar-refractivity contribution is 0.569. The van der Waals surface area contributed by atoms with E-state index in [4.69, 9.17) is 5.73 Å². The zero-order valence-corrected chi connectivity index (χ0v) is 11.4. The number of aromatic nitrogens is 4. The molecule has 0 atom stereocenters. The Morgan fingerprint density at radius 3 is 2.37 bits per heavy atom. The normalized spacial score (nSPS) is 10.9. The first kappa shape index (κ1) is 13.5. The van der Waals surface area contributed by atoms with Gasteiger partial charge in [0.25, 0.3) is 0 Å². The fourth-order valence-electron chi connectivity index (χ4n) is 2.08. The number of hydrogen-bond acceptors (Lipinski definition) is 4. The molecule has 0 aliphatic rings. The number of nitrogens with two attached hydrogens (primary N) is 1. The third-order valence-corrected chi connectivity index (χ3v) is 3.15. The molecular formula is C13H18FN5. The lowest BCUT2D eigenvalue weighted by atomic mass is 10.2. The van der Waals surface area contributed by atoms with Crippen LogP contribution in [0.4, 0.5) is 10.1 Å². The summed E-state index contributed by atoms with van der Waals surface area (Å²) in [5, 5.41) is 4.37. The quantitative estimate of drug-likeness (QED) is 0.916. The molecule has 102 valence electrons. The largest absolute Gasteiger partial charge is 0.396 e. The number of halogens is 1. The van der Waals surface area contributed by atoms with Gasteiger partial charge in [-0.3, -0.25) is 0 Å². The molecule has 0 aliphatic heterocycles. The highest BCUT2D eigenvalue weighted by molar-refractivity contribution is 5.51. The van der Waals surface area contributed by atoms with Crippen LogP contribution in [0.15, 0.2) is 6.33 Å². The molecule has 5 nitrogen and oxygen atoms in total. The van der Waals surface area contributed by atoms with Gasteiger partial charge in [-0.05, 0) is 19.3 Å². The maximum absolute atomic E-state index is 14.3. The molecule has 0 radical (unpaired) electrons. The van der Waals surface area contributed by atoms with E-state index >= 15 is 0 Å². The van der Waals surface area contributed by atoms with Gasteiger partial charge in [-0.2, -0.15) is 5.10 Å². The van der Waals surface area contributed by atoms with Gasteiger partial charge in [0, 0.05) is 0 Å². The molecule has 19 heavy (non-hydrogen) atoms. The van der Waals surface area contributed by atoms with Crippen molar-refractivity contribution in [3.05, 3.63) is 29.2 Å². The van der Waals surface area contributed by atoms with Gasteiger partial charge in [0.15, 0.2) is 11.6 Å². The van der Waals surface area contributed by atoms with Crippen molar-refractivity contribution in [3.63, 3.8) is 0 Å². The van der Waals surface area contributed by atoms with Crippen LogP contribution in [0, 0.1) is 5.82 Å². The Kier molecular flexibility index (Phi) is 3.78. The summed E-state index contributed by atoms with van der Waals surface area (Å²) in [6.45, 7) is 5.78. The number of nitrogens with zero attached hydrogens (tertiary/aromatic N) is 4. The highest BCUT2D eigenvalue weighted by atomic mass is 19.1. The summed E-state index contributed by atoms with van der Waals surface area (Å²) in [5.41, 5.74) is 8.61. The maximum Gasteiger partial charge on any atom is 0.193 e. The molecule has 0 saturated carbocycles. The van der Waals surface area contributed by atoms with Crippen molar-refractivity contribution < 1.29 is 4.39 Å². The average molecular weight is 263 g/mol. The van der Waals surface area contributed by atoms with Crippen molar-refractivity contribution in [2.24, 2.45) is 0 Å². The van der Waals surface area contributed by atoms with E-state index in [1.165, 1.54) is 11.0 Å². The minimum Gasteiger partial charge on any atom is -0.396 e. The van der Waals surface area contributed by atoms with Crippen LogP contribution < -0.4 is 5.73 Å². The summed E-state index contributed by atoms with van der Waals surface area (Å²) in [5.74, 6) is -0.250. The highest BCUT2D eigenvalue weighted by Gasteiger charge is 2.19. The zero-order chi connectivity index (χ0) is 14.0. The molecule has 0 saturated heterocycles. The van der Waals surface area contributed by atoms with E-state index in [0.29, 0.717) is 30.6 Å². The standard InChI is InChI=1S/C13H18FN5/c1-4-8-11(14)13(17-7-16-8)19-10(6-3)12(15)9(5-2)18-19/h7H,4-6,15H2,1-3H3. The topological polar surface area (TPSA) is 69.6 Å². The highest BCUT2D eigenvalue weighted by Crippen LogP contribution is 2.23. The van der Waals surface area contributed by atoms with E-state index in [1.54, 1.807) is 0 Å². The fourth-order valence-corrected chi connectivity index (χ4v) is 2.08. The number of hydrogen-bond donors (Lipinski definition) is 1. The van der Waals surface area contributed by atoms with Gasteiger partial charge in [0.2, 0.25) is 0 Å². The number of aryl methyl sites for hydroxylation is 2. The van der Waals surface area contributed by atoms with E-state index in [2.05, 4.69) is 15.1 Å². The van der Waals surface area contributed by atoms with Crippen molar-refractivity contribution in [1.29, 1.82) is 0 Å². The Bertz CT molecular complexity index is 591. The first-order valence-electron chi connectivity index (χ1n) is 6.49. The van der Waals surface area contributed by atoms with Gasteiger partial charge in [-0.1, -0.05) is 20.8 Å². The first-order chi connectivity index (χ1) is 9.13. The summed E-state index contributed by atoms with van der Waals surface area (Å²) in [6, 6.07) is 0. The minimum atomic E-state index is -0.426. The first-order valence-corrected chi connectivity index (χ1v) is 6.49. The van der Waals surface area contributed by atoms with Gasteiger partial charge in [-0.15, -0.1) is 0 Å². The summed E-state index contributed by atoms with van der Waals surface area (Å²) in [4.78, 5) is 7.94. The molecular weight excluding hydrogens is 245 g/mol. The molecule has 0 fully saturated rings. The van der Waals surface area contributed by atoms with Crippen LogP contribution in [-0.4, -0.2) is 19.7 Å². The molecule has 0 spiro atoms. The minimum absolute atomic E-state index is 0.176. The zero-order valence-electron chi connectivity index (χ0n) is 11.4. The third-order valence-electron chi connectivity index (χ3n) is 3.15. The van der Waals surface area contributed by atoms with E-state index in [9.17, 15) is 4.39 Å². The Hall–Kier alpha value is -1.98. The molecule has 2 aromatic rings. The van der Waals surface area contributed by atoms with Gasteiger partial charge in [0.1, 0.15) is 6.33 Å². The average Bonchev–Trinajstić information content (AvgIpc) is 2.75. The number of nitrogen functional groups attached to an aromatic ring is 1. The van der Waals surface area contributed by atoms with Crippen LogP contribution >= 0.6 is 0 Å². The van der Waals surface area contributed by atoms with Gasteiger partial charge >= 0.3 is 0 Å². The molecule has 2 heterocycles. The predicted octanol–water partition coefficient (Wildman–Crippen LogP) is 2.07. The molecule has 0 aliphatic carbocycles. The van der Waals surface area contributed by atoms with Gasteiger partial charge in [0.05, 0.1) is 22.8 Å². The smallest absolute Gasteiger partial charge is 0.193 e. The van der Waals surface area contributed by atoms with Crippen LogP contribution in [0.25, 0.3) is 5.82 Å². The summed E-state index contributed by atoms with van der Waals surface area (Å²) < 4.78 is 15.8. The fraction of sp³-hybridized carbons (Fsp3) is 0.462. The molecule has 2 rings (SSSR count). The Balaban J connectivity index is 2.65. The molecule has 0 bridgehead atoms. The third kappa shape index (κ3) is 2.18. The van der Waals surface area contributed by atoms with Crippen molar-refractivity contribution >= 4 is 5.69 Å². The van der Waals surface area contributed by atoms with Crippen molar-refractivity contribution in [2.45, 2.75) is 40.0 Å². The molecule has 2 N–H and O–H groups in total. The number of rotatable bonds is 4. The summed E-state index contributed by atoms with van der Waals surface area (Å²) in [6.07, 6.45) is 3.25. The monoisotopic (exact) mass is 263 g/mol. The van der Waals surface area contributed by atoms with Crippen LogP contribution in [0.1, 0.15) is 37.9 Å². The Morgan fingerprint density at radius 1 is 1.11 bits per heavy atom. The lowest BCUT2D eigenvalue weighted by Crippen LogP contribution is -2.10. The predicted molar refractivity (Wildman–Crippen MR) is 71.7 cm³/mol. The second-order valence-electron chi connectivity index (χ2n) is 4.24. The maximum atomic E-state index is 14.3. The molecule has 6 heteroatoms. The van der Waals surface area contributed by atoms with Crippen LogP contribution in [0.3, 0.4) is 0 Å². The Morgan fingerprint density at radius 2 is 1.79 bits per heavy atom. The van der Waals surface area contributed by atoms with Crippen LogP contribution in [0.5, 0.6) is 0 Å².